The minimum atomic E-state index is -0.863. The predicted molar refractivity (Wildman–Crippen MR) is 141 cm³/mol. The van der Waals surface area contributed by atoms with Crippen molar-refractivity contribution in [1.29, 1.82) is 0 Å². The van der Waals surface area contributed by atoms with Gasteiger partial charge in [0.2, 0.25) is 0 Å². The van der Waals surface area contributed by atoms with Crippen molar-refractivity contribution >= 4 is 28.8 Å². The molecule has 1 unspecified atom stereocenters. The standard InChI is InChI=1S/C29H29N3O5/c1-36-22-7-6-8-23(37-2)24(22)27(33)25-26(19-13-15-30-16-14-19)32(29(35)28(25)34)21-11-9-20(10-12-21)31-17-4-3-5-18-31/h6-16,26,33H,3-5,17-18H2,1-2H3/b27-25+. The number of pyridine rings is 1. The van der Waals surface area contributed by atoms with Crippen LogP contribution in [0, 0.1) is 0 Å². The van der Waals surface area contributed by atoms with E-state index in [0.717, 1.165) is 31.6 Å². The molecule has 0 spiro atoms. The fraction of sp³-hybridized carbons (Fsp3) is 0.276. The topological polar surface area (TPSA) is 92.2 Å². The van der Waals surface area contributed by atoms with Crippen molar-refractivity contribution in [1.82, 2.24) is 4.98 Å². The number of benzene rings is 2. The Kier molecular flexibility index (Phi) is 6.81. The summed E-state index contributed by atoms with van der Waals surface area (Å²) < 4.78 is 10.9. The van der Waals surface area contributed by atoms with Gasteiger partial charge in [-0.05, 0) is 73.4 Å². The molecule has 2 fully saturated rings. The third kappa shape index (κ3) is 4.39. The van der Waals surface area contributed by atoms with Crippen LogP contribution in [-0.2, 0) is 9.59 Å². The minimum Gasteiger partial charge on any atom is -0.506 e. The summed E-state index contributed by atoms with van der Waals surface area (Å²) in [7, 11) is 2.93. The number of methoxy groups -OCH3 is 2. The summed E-state index contributed by atoms with van der Waals surface area (Å²) in [4.78, 5) is 34.8. The Labute approximate surface area is 215 Å². The molecule has 0 aliphatic carbocycles. The van der Waals surface area contributed by atoms with Crippen LogP contribution in [0.1, 0.15) is 36.4 Å². The van der Waals surface area contributed by atoms with Gasteiger partial charge < -0.3 is 19.5 Å². The fourth-order valence-corrected chi connectivity index (χ4v) is 5.16. The Morgan fingerprint density at radius 2 is 1.46 bits per heavy atom. The number of piperidine rings is 1. The van der Waals surface area contributed by atoms with Crippen LogP contribution in [0.3, 0.4) is 0 Å². The third-order valence-electron chi connectivity index (χ3n) is 6.98. The van der Waals surface area contributed by atoms with E-state index in [4.69, 9.17) is 9.47 Å². The molecular weight excluding hydrogens is 470 g/mol. The number of Topliss-reactive ketones (excluding diaryl/α,β-unsaturated/α-hetero) is 1. The van der Waals surface area contributed by atoms with E-state index in [1.807, 2.05) is 24.3 Å². The van der Waals surface area contributed by atoms with Gasteiger partial charge in [-0.15, -0.1) is 0 Å². The van der Waals surface area contributed by atoms with Gasteiger partial charge in [0.15, 0.2) is 0 Å². The molecule has 5 rings (SSSR count). The monoisotopic (exact) mass is 499 g/mol. The number of aromatic nitrogens is 1. The molecule has 8 nitrogen and oxygen atoms in total. The summed E-state index contributed by atoms with van der Waals surface area (Å²) in [5.74, 6) is -1.22. The first-order chi connectivity index (χ1) is 18.0. The SMILES string of the molecule is COc1cccc(OC)c1/C(O)=C1\C(=O)C(=O)N(c2ccc(N3CCCCC3)cc2)C1c1ccncc1. The van der Waals surface area contributed by atoms with Crippen molar-refractivity contribution in [2.24, 2.45) is 0 Å². The molecular formula is C29H29N3O5. The van der Waals surface area contributed by atoms with Gasteiger partial charge in [0, 0.05) is 36.9 Å². The average Bonchev–Trinajstić information content (AvgIpc) is 3.23. The van der Waals surface area contributed by atoms with E-state index in [2.05, 4.69) is 9.88 Å². The lowest BCUT2D eigenvalue weighted by molar-refractivity contribution is -0.132. The van der Waals surface area contributed by atoms with Crippen molar-refractivity contribution in [3.63, 3.8) is 0 Å². The van der Waals surface area contributed by atoms with Gasteiger partial charge in [0.25, 0.3) is 11.7 Å². The van der Waals surface area contributed by atoms with Crippen LogP contribution in [0.15, 0.2) is 72.6 Å². The number of carbonyl (C=O) groups is 2. The zero-order chi connectivity index (χ0) is 25.9. The zero-order valence-corrected chi connectivity index (χ0v) is 20.9. The van der Waals surface area contributed by atoms with E-state index in [1.165, 1.54) is 25.5 Å². The van der Waals surface area contributed by atoms with E-state index in [0.29, 0.717) is 22.7 Å². The molecule has 1 N–H and O–H groups in total. The maximum absolute atomic E-state index is 13.5. The van der Waals surface area contributed by atoms with Gasteiger partial charge in [-0.3, -0.25) is 19.5 Å². The smallest absolute Gasteiger partial charge is 0.300 e. The molecule has 2 aliphatic heterocycles. The summed E-state index contributed by atoms with van der Waals surface area (Å²) in [6, 6.07) is 15.3. The van der Waals surface area contributed by atoms with E-state index in [9.17, 15) is 14.7 Å². The minimum absolute atomic E-state index is 0.0425. The molecule has 37 heavy (non-hydrogen) atoms. The van der Waals surface area contributed by atoms with Gasteiger partial charge in [0.05, 0.1) is 25.8 Å². The maximum Gasteiger partial charge on any atom is 0.300 e. The summed E-state index contributed by atoms with van der Waals surface area (Å²) in [5.41, 5.74) is 2.46. The highest BCUT2D eigenvalue weighted by Crippen LogP contribution is 2.45. The molecule has 3 aromatic rings. The molecule has 0 saturated carbocycles. The number of carbonyl (C=O) groups excluding carboxylic acids is 2. The second kappa shape index (κ2) is 10.3. The van der Waals surface area contributed by atoms with E-state index < -0.39 is 17.7 Å². The maximum atomic E-state index is 13.5. The highest BCUT2D eigenvalue weighted by molar-refractivity contribution is 6.51. The Hall–Kier alpha value is -4.33. The largest absolute Gasteiger partial charge is 0.506 e. The molecule has 1 aromatic heterocycles. The summed E-state index contributed by atoms with van der Waals surface area (Å²) in [6.07, 6.45) is 6.75. The molecule has 190 valence electrons. The number of amides is 1. The molecule has 2 aliphatic rings. The summed E-state index contributed by atoms with van der Waals surface area (Å²) in [5, 5.41) is 11.5. The van der Waals surface area contributed by atoms with Crippen molar-refractivity contribution in [2.45, 2.75) is 25.3 Å². The number of ether oxygens (including phenoxy) is 2. The quantitative estimate of drug-likeness (QED) is 0.298. The van der Waals surface area contributed by atoms with Crippen LogP contribution in [0.4, 0.5) is 11.4 Å². The van der Waals surface area contributed by atoms with Crippen molar-refractivity contribution in [2.75, 3.05) is 37.1 Å². The van der Waals surface area contributed by atoms with Gasteiger partial charge in [-0.25, -0.2) is 0 Å². The van der Waals surface area contributed by atoms with Gasteiger partial charge >= 0.3 is 0 Å². The highest BCUT2D eigenvalue weighted by Gasteiger charge is 2.47. The number of aliphatic hydroxyl groups excluding tert-OH is 1. The van der Waals surface area contributed by atoms with E-state index in [1.54, 1.807) is 42.7 Å². The van der Waals surface area contributed by atoms with Crippen LogP contribution in [0.2, 0.25) is 0 Å². The first kappa shape index (κ1) is 24.4. The lowest BCUT2D eigenvalue weighted by Gasteiger charge is -2.30. The molecule has 8 heteroatoms. The average molecular weight is 500 g/mol. The molecule has 0 bridgehead atoms. The van der Waals surface area contributed by atoms with Crippen molar-refractivity contribution in [3.05, 3.63) is 83.7 Å². The fourth-order valence-electron chi connectivity index (χ4n) is 5.16. The number of hydrogen-bond acceptors (Lipinski definition) is 7. The third-order valence-corrected chi connectivity index (χ3v) is 6.98. The normalized spacial score (nSPS) is 19.2. The summed E-state index contributed by atoms with van der Waals surface area (Å²) in [6.45, 7) is 2.00. The Bertz CT molecular complexity index is 1310. The molecule has 3 heterocycles. The van der Waals surface area contributed by atoms with Gasteiger partial charge in [-0.1, -0.05) is 6.07 Å². The van der Waals surface area contributed by atoms with Crippen LogP contribution < -0.4 is 19.3 Å². The number of ketones is 1. The lowest BCUT2D eigenvalue weighted by atomic mass is 9.95. The molecule has 2 saturated heterocycles. The van der Waals surface area contributed by atoms with E-state index >= 15 is 0 Å². The van der Waals surface area contributed by atoms with Crippen LogP contribution in [0.5, 0.6) is 11.5 Å². The molecule has 2 aromatic carbocycles. The lowest BCUT2D eigenvalue weighted by Crippen LogP contribution is -2.30. The van der Waals surface area contributed by atoms with Gasteiger partial charge in [0.1, 0.15) is 22.8 Å². The molecule has 1 amide bonds. The zero-order valence-electron chi connectivity index (χ0n) is 20.9. The number of hydrogen-bond donors (Lipinski definition) is 1. The van der Waals surface area contributed by atoms with Crippen LogP contribution in [-0.4, -0.2) is 49.1 Å². The first-order valence-electron chi connectivity index (χ1n) is 12.3. The Morgan fingerprint density at radius 1 is 0.865 bits per heavy atom. The van der Waals surface area contributed by atoms with Crippen molar-refractivity contribution < 1.29 is 24.2 Å². The highest BCUT2D eigenvalue weighted by atomic mass is 16.5. The van der Waals surface area contributed by atoms with Crippen molar-refractivity contribution in [3.8, 4) is 11.5 Å². The van der Waals surface area contributed by atoms with E-state index in [-0.39, 0.29) is 16.9 Å². The number of rotatable bonds is 6. The molecule has 1 atom stereocenters. The molecule has 0 radical (unpaired) electrons. The second-order valence-corrected chi connectivity index (χ2v) is 9.05. The predicted octanol–water partition coefficient (Wildman–Crippen LogP) is 4.72. The Balaban J connectivity index is 1.64. The summed E-state index contributed by atoms with van der Waals surface area (Å²) >= 11 is 0. The van der Waals surface area contributed by atoms with Gasteiger partial charge in [-0.2, -0.15) is 0 Å². The number of nitrogens with zero attached hydrogens (tertiary/aromatic N) is 3. The number of aliphatic hydroxyl groups is 1. The Morgan fingerprint density at radius 3 is 2.05 bits per heavy atom. The second-order valence-electron chi connectivity index (χ2n) is 9.05. The van der Waals surface area contributed by atoms with Crippen LogP contribution >= 0.6 is 0 Å². The first-order valence-corrected chi connectivity index (χ1v) is 12.3. The van der Waals surface area contributed by atoms with Crippen LogP contribution in [0.25, 0.3) is 5.76 Å². The number of anilines is 2.